The predicted octanol–water partition coefficient (Wildman–Crippen LogP) is 4.82. The Morgan fingerprint density at radius 3 is 2.29 bits per heavy atom. The molecule has 0 bridgehead atoms. The van der Waals surface area contributed by atoms with Crippen molar-refractivity contribution in [1.29, 1.82) is 0 Å². The number of hydrogen-bond acceptors (Lipinski definition) is 8. The van der Waals surface area contributed by atoms with Crippen LogP contribution in [-0.2, 0) is 28.9 Å². The number of terminal acetylenes is 1. The minimum Gasteiger partial charge on any atom is -0.458 e. The van der Waals surface area contributed by atoms with Gasteiger partial charge in [0.15, 0.2) is 0 Å². The summed E-state index contributed by atoms with van der Waals surface area (Å²) in [6.45, 7) is 16.0. The van der Waals surface area contributed by atoms with Gasteiger partial charge in [-0.2, -0.15) is 8.42 Å². The van der Waals surface area contributed by atoms with Crippen LogP contribution in [0.25, 0.3) is 0 Å². The van der Waals surface area contributed by atoms with E-state index in [2.05, 4.69) is 26.7 Å². The van der Waals surface area contributed by atoms with Crippen molar-refractivity contribution in [2.45, 2.75) is 142 Å². The molecule has 0 aromatic carbocycles. The minimum atomic E-state index is -4.54. The molecular formula is C34H58O10S. The summed E-state index contributed by atoms with van der Waals surface area (Å²) in [6.07, 6.45) is 13.1. The molecule has 4 aliphatic carbocycles. The summed E-state index contributed by atoms with van der Waals surface area (Å²) < 4.78 is 49.4. The Kier molecular flexibility index (Phi) is 12.6. The number of epoxide rings is 1. The lowest BCUT2D eigenvalue weighted by Crippen LogP contribution is -2.57. The highest BCUT2D eigenvalue weighted by molar-refractivity contribution is 7.80. The second kappa shape index (κ2) is 14.3. The van der Waals surface area contributed by atoms with E-state index in [1.807, 2.05) is 20.8 Å². The Hall–Kier alpha value is -1.52. The molecule has 5 N–H and O–H groups in total. The smallest absolute Gasteiger partial charge is 0.397 e. The average molecular weight is 659 g/mol. The van der Waals surface area contributed by atoms with E-state index in [0.717, 1.165) is 44.1 Å². The van der Waals surface area contributed by atoms with Gasteiger partial charge in [-0.25, -0.2) is 4.18 Å². The van der Waals surface area contributed by atoms with Crippen LogP contribution in [0, 0.1) is 47.9 Å². The molecule has 3 fully saturated rings. The van der Waals surface area contributed by atoms with E-state index in [1.54, 1.807) is 13.8 Å². The molecule has 5 rings (SSSR count). The first kappa shape index (κ1) is 39.7. The molecule has 0 amide bonds. The minimum absolute atomic E-state index is 0. The maximum absolute atomic E-state index is 12.6. The molecule has 1 heterocycles. The maximum Gasteiger partial charge on any atom is 0.397 e. The largest absolute Gasteiger partial charge is 0.458 e. The second-order valence-corrected chi connectivity index (χ2v) is 15.4. The lowest BCUT2D eigenvalue weighted by molar-refractivity contribution is -0.176. The third-order valence-corrected chi connectivity index (χ3v) is 12.3. The van der Waals surface area contributed by atoms with Gasteiger partial charge in [0.2, 0.25) is 0 Å². The van der Waals surface area contributed by atoms with Crippen molar-refractivity contribution in [2.24, 2.45) is 35.0 Å². The van der Waals surface area contributed by atoms with Crippen LogP contribution in [0.4, 0.5) is 0 Å². The summed E-state index contributed by atoms with van der Waals surface area (Å²) in [5.74, 6) is 0.0207. The van der Waals surface area contributed by atoms with Gasteiger partial charge in [-0.15, -0.1) is 12.8 Å². The maximum atomic E-state index is 12.6. The molecule has 5 unspecified atom stereocenters. The lowest BCUT2D eigenvalue weighted by Gasteiger charge is -2.58. The van der Waals surface area contributed by atoms with E-state index in [0.29, 0.717) is 25.9 Å². The van der Waals surface area contributed by atoms with Gasteiger partial charge >= 0.3 is 16.4 Å². The van der Waals surface area contributed by atoms with Gasteiger partial charge in [0, 0.05) is 25.2 Å². The highest BCUT2D eigenvalue weighted by atomic mass is 32.3. The third-order valence-electron chi connectivity index (χ3n) is 11.8. The molecule has 0 aromatic rings. The van der Waals surface area contributed by atoms with Crippen molar-refractivity contribution in [1.82, 2.24) is 0 Å². The lowest BCUT2D eigenvalue weighted by atomic mass is 9.49. The number of esters is 1. The van der Waals surface area contributed by atoms with Crippen molar-refractivity contribution in [3.63, 3.8) is 0 Å². The van der Waals surface area contributed by atoms with Gasteiger partial charge < -0.3 is 25.2 Å². The number of carbonyl (C=O) groups excluding carboxylic acids is 1. The zero-order valence-electron chi connectivity index (χ0n) is 28.5. The fraction of sp³-hybridized carbons (Fsp3) is 0.853. The fourth-order valence-electron chi connectivity index (χ4n) is 9.74. The molecule has 5 aliphatic rings. The standard InChI is InChI=1S/C30H48O9S.C2H6.C2H2.H2O/c1-17(11-14-29(16-37-29)27(4,5)33)21-9-10-23-20-7-8-22-18(2)25(39-40(34,35)36)12-13-28(22,6)26(20)24(32)15-30(21,23)38-19(3)31;2*1-2;/h17-18,21-25,32-33H,7-16H2,1-6H3,(H,34,35,36);1-2H3;1-2H;1H2/t17-,18?,21?,22?,23?,24+,25+,28+,29?,30+;;;/m1.../s1. The highest BCUT2D eigenvalue weighted by Gasteiger charge is 2.64. The van der Waals surface area contributed by atoms with E-state index in [4.69, 9.17) is 13.7 Å². The average Bonchev–Trinajstić information content (AvgIpc) is 3.65. The molecule has 0 aromatic heterocycles. The van der Waals surface area contributed by atoms with Crippen molar-refractivity contribution < 1.29 is 47.1 Å². The topological polar surface area (TPSA) is 174 Å². The van der Waals surface area contributed by atoms with Crippen molar-refractivity contribution >= 4 is 16.4 Å². The summed E-state index contributed by atoms with van der Waals surface area (Å²) in [7, 11) is -4.54. The first-order valence-electron chi connectivity index (χ1n) is 16.4. The van der Waals surface area contributed by atoms with Crippen molar-refractivity contribution in [3.8, 4) is 12.8 Å². The van der Waals surface area contributed by atoms with Gasteiger partial charge in [0.05, 0.1) is 24.4 Å². The van der Waals surface area contributed by atoms with Crippen molar-refractivity contribution in [3.05, 3.63) is 11.1 Å². The fourth-order valence-corrected chi connectivity index (χ4v) is 10.3. The van der Waals surface area contributed by atoms with Crippen LogP contribution in [0.3, 0.4) is 0 Å². The van der Waals surface area contributed by atoms with E-state index in [9.17, 15) is 28.0 Å². The number of ether oxygens (including phenoxy) is 2. The zero-order chi connectivity index (χ0) is 33.5. The Bertz CT molecular complexity index is 1200. The third kappa shape index (κ3) is 7.33. The summed E-state index contributed by atoms with van der Waals surface area (Å²) in [6, 6.07) is 0. The summed E-state index contributed by atoms with van der Waals surface area (Å²) >= 11 is 0. The van der Waals surface area contributed by atoms with Crippen LogP contribution in [0.15, 0.2) is 11.1 Å². The first-order chi connectivity index (χ1) is 20.4. The van der Waals surface area contributed by atoms with E-state index < -0.39 is 39.4 Å². The predicted molar refractivity (Wildman–Crippen MR) is 172 cm³/mol. The number of aliphatic hydroxyl groups is 2. The van der Waals surface area contributed by atoms with Crippen LogP contribution in [-0.4, -0.2) is 70.2 Å². The van der Waals surface area contributed by atoms with E-state index in [-0.39, 0.29) is 46.5 Å². The Morgan fingerprint density at radius 2 is 1.78 bits per heavy atom. The quantitative estimate of drug-likeness (QED) is 0.109. The van der Waals surface area contributed by atoms with Crippen LogP contribution < -0.4 is 0 Å². The molecule has 2 saturated carbocycles. The number of hydrogen-bond donors (Lipinski definition) is 3. The molecule has 11 heteroatoms. The molecule has 260 valence electrons. The SMILES string of the molecule is C#C.CC.CC(=O)O[C@]12C[C@H](O)C3=C(CCC4C(C)[C@@H](OS(=O)(=O)O)CC[C@]34C)C1CCC2[C@H](C)CCC1(C(C)(C)O)CO1.O. The zero-order valence-corrected chi connectivity index (χ0v) is 29.3. The van der Waals surface area contributed by atoms with Gasteiger partial charge in [-0.05, 0) is 94.0 Å². The van der Waals surface area contributed by atoms with Crippen molar-refractivity contribution in [2.75, 3.05) is 6.61 Å². The van der Waals surface area contributed by atoms with E-state index >= 15 is 0 Å². The van der Waals surface area contributed by atoms with Crippen LogP contribution in [0.2, 0.25) is 0 Å². The Balaban J connectivity index is 0.00000136. The molecule has 1 aliphatic heterocycles. The first-order valence-corrected chi connectivity index (χ1v) is 17.8. The Morgan fingerprint density at radius 1 is 1.18 bits per heavy atom. The van der Waals surface area contributed by atoms with Crippen LogP contribution in [0.5, 0.6) is 0 Å². The number of carbonyl (C=O) groups is 1. The normalized spacial score (nSPS) is 39.2. The highest BCUT2D eigenvalue weighted by Crippen LogP contribution is 2.65. The molecular weight excluding hydrogens is 600 g/mol. The number of fused-ring (bicyclic) bond motifs is 4. The molecule has 45 heavy (non-hydrogen) atoms. The summed E-state index contributed by atoms with van der Waals surface area (Å²) in [5, 5.41) is 22.5. The monoisotopic (exact) mass is 658 g/mol. The van der Waals surface area contributed by atoms with Gasteiger partial charge in [-0.3, -0.25) is 9.35 Å². The number of rotatable bonds is 8. The van der Waals surface area contributed by atoms with Crippen LogP contribution >= 0.6 is 0 Å². The molecule has 1 saturated heterocycles. The van der Waals surface area contributed by atoms with Crippen LogP contribution in [0.1, 0.15) is 113 Å². The van der Waals surface area contributed by atoms with Gasteiger partial charge in [0.1, 0.15) is 11.2 Å². The van der Waals surface area contributed by atoms with Gasteiger partial charge in [-0.1, -0.05) is 40.2 Å². The second-order valence-electron chi connectivity index (χ2n) is 14.3. The number of aliphatic hydroxyl groups excluding tert-OH is 1. The summed E-state index contributed by atoms with van der Waals surface area (Å²) in [5.41, 5.74) is -0.231. The molecule has 0 spiro atoms. The summed E-state index contributed by atoms with van der Waals surface area (Å²) in [4.78, 5) is 12.6. The molecule has 10 nitrogen and oxygen atoms in total. The van der Waals surface area contributed by atoms with E-state index in [1.165, 1.54) is 12.5 Å². The molecule has 10 atom stereocenters. The molecule has 0 radical (unpaired) electrons. The Labute approximate surface area is 270 Å². The van der Waals surface area contributed by atoms with Gasteiger partial charge in [0.25, 0.3) is 0 Å².